The van der Waals surface area contributed by atoms with Gasteiger partial charge in [0, 0.05) is 13.0 Å². The molecule has 0 heterocycles. The normalized spacial score (nSPS) is 13.0. The number of ether oxygens (including phenoxy) is 3. The van der Waals surface area contributed by atoms with Crippen molar-refractivity contribution in [2.24, 2.45) is 0 Å². The molecule has 5 heteroatoms. The zero-order chi connectivity index (χ0) is 44.9. The van der Waals surface area contributed by atoms with Gasteiger partial charge in [-0.25, -0.2) is 0 Å². The van der Waals surface area contributed by atoms with Crippen molar-refractivity contribution in [2.45, 2.75) is 232 Å². The van der Waals surface area contributed by atoms with Crippen LogP contribution in [0.4, 0.5) is 0 Å². The summed E-state index contributed by atoms with van der Waals surface area (Å²) in [5.74, 6) is -0.578. The molecule has 5 nitrogen and oxygen atoms in total. The molecule has 0 bridgehead atoms. The third kappa shape index (κ3) is 49.5. The second kappa shape index (κ2) is 52.2. The van der Waals surface area contributed by atoms with E-state index in [1.54, 1.807) is 0 Å². The molecule has 0 radical (unpaired) electrons. The number of carbonyl (C=O) groups excluding carboxylic acids is 2. The predicted octanol–water partition coefficient (Wildman–Crippen LogP) is 17.5. The second-order valence-electron chi connectivity index (χ2n) is 16.7. The minimum Gasteiger partial charge on any atom is -0.461 e. The largest absolute Gasteiger partial charge is 0.461 e. The van der Waals surface area contributed by atoms with Gasteiger partial charge in [0.15, 0.2) is 6.10 Å². The molecule has 0 saturated heterocycles. The highest BCUT2D eigenvalue weighted by Crippen LogP contribution is 2.15. The fourth-order valence-corrected chi connectivity index (χ4v) is 6.89. The number of rotatable bonds is 46. The van der Waals surface area contributed by atoms with Gasteiger partial charge in [-0.15, -0.1) is 0 Å². The molecule has 0 N–H and O–H groups in total. The van der Waals surface area contributed by atoms with E-state index in [1.165, 1.54) is 103 Å². The summed E-state index contributed by atoms with van der Waals surface area (Å²) in [6.07, 6.45) is 70.2. The first-order valence-electron chi connectivity index (χ1n) is 25.8. The number of hydrogen-bond acceptors (Lipinski definition) is 5. The van der Waals surface area contributed by atoms with E-state index in [2.05, 4.69) is 106 Å². The fourth-order valence-electron chi connectivity index (χ4n) is 6.89. The summed E-state index contributed by atoms with van der Waals surface area (Å²) in [6, 6.07) is 0. The molecule has 0 amide bonds. The van der Waals surface area contributed by atoms with Crippen molar-refractivity contribution in [3.05, 3.63) is 97.2 Å². The summed E-state index contributed by atoms with van der Waals surface area (Å²) in [5.41, 5.74) is 0. The van der Waals surface area contributed by atoms with Gasteiger partial charge in [0.05, 0.1) is 13.0 Å². The molecule has 0 aromatic rings. The van der Waals surface area contributed by atoms with Crippen LogP contribution in [0.25, 0.3) is 0 Å². The summed E-state index contributed by atoms with van der Waals surface area (Å²) in [4.78, 5) is 25.3. The molecule has 0 fully saturated rings. The van der Waals surface area contributed by atoms with E-state index in [9.17, 15) is 9.59 Å². The maximum absolute atomic E-state index is 12.8. The van der Waals surface area contributed by atoms with E-state index >= 15 is 0 Å². The van der Waals surface area contributed by atoms with E-state index in [4.69, 9.17) is 14.2 Å². The smallest absolute Gasteiger partial charge is 0.309 e. The third-order valence-electron chi connectivity index (χ3n) is 10.6. The minimum absolute atomic E-state index is 0.0164. The van der Waals surface area contributed by atoms with Gasteiger partial charge in [-0.05, 0) is 77.0 Å². The molecule has 0 saturated carbocycles. The number of unbranched alkanes of at least 4 members (excludes halogenated alkanes) is 20. The van der Waals surface area contributed by atoms with Crippen LogP contribution in [0.3, 0.4) is 0 Å². The average molecular weight is 861 g/mol. The van der Waals surface area contributed by atoms with Crippen molar-refractivity contribution in [1.82, 2.24) is 0 Å². The highest BCUT2D eigenvalue weighted by Gasteiger charge is 2.17. The topological polar surface area (TPSA) is 61.8 Å². The van der Waals surface area contributed by atoms with Gasteiger partial charge in [0.25, 0.3) is 0 Å². The van der Waals surface area contributed by atoms with Crippen LogP contribution in [0.2, 0.25) is 0 Å². The predicted molar refractivity (Wildman–Crippen MR) is 270 cm³/mol. The SMILES string of the molecule is CC/C=C\C/C=C\C/C=C\C/C=C\C/C=C\CC(=O)OCC(COCCCCCCCCCCCCCCCCCCCC)OC(=O)CCCCC/C=C\C/C=C\C/C=C\CC. The molecule has 0 aliphatic rings. The maximum atomic E-state index is 12.8. The van der Waals surface area contributed by atoms with Gasteiger partial charge in [0.2, 0.25) is 0 Å². The lowest BCUT2D eigenvalue weighted by Crippen LogP contribution is -2.30. The van der Waals surface area contributed by atoms with E-state index in [1.807, 2.05) is 12.2 Å². The molecule has 1 atom stereocenters. The molecular formula is C57H96O5. The van der Waals surface area contributed by atoms with Crippen molar-refractivity contribution in [3.8, 4) is 0 Å². The van der Waals surface area contributed by atoms with Crippen molar-refractivity contribution >= 4 is 11.9 Å². The van der Waals surface area contributed by atoms with Gasteiger partial charge >= 0.3 is 11.9 Å². The zero-order valence-electron chi connectivity index (χ0n) is 40.6. The fraction of sp³-hybridized carbons (Fsp3) is 0.684. The first-order valence-corrected chi connectivity index (χ1v) is 25.8. The Labute approximate surface area is 383 Å². The lowest BCUT2D eigenvalue weighted by molar-refractivity contribution is -0.162. The molecule has 354 valence electrons. The lowest BCUT2D eigenvalue weighted by Gasteiger charge is -2.18. The number of hydrogen-bond donors (Lipinski definition) is 0. The summed E-state index contributed by atoms with van der Waals surface area (Å²) in [7, 11) is 0. The molecule has 1 unspecified atom stereocenters. The Morgan fingerprint density at radius 2 is 0.774 bits per heavy atom. The first kappa shape index (κ1) is 58.8. The third-order valence-corrected chi connectivity index (χ3v) is 10.6. The van der Waals surface area contributed by atoms with Gasteiger partial charge < -0.3 is 14.2 Å². The molecule has 0 aliphatic heterocycles. The Kier molecular flexibility index (Phi) is 49.5. The molecule has 0 spiro atoms. The van der Waals surface area contributed by atoms with Crippen LogP contribution in [0.5, 0.6) is 0 Å². The molecule has 0 aromatic carbocycles. The Balaban J connectivity index is 4.39. The van der Waals surface area contributed by atoms with E-state index in [0.29, 0.717) is 13.0 Å². The number of allylic oxidation sites excluding steroid dienone is 15. The Bertz CT molecular complexity index is 1200. The summed E-state index contributed by atoms with van der Waals surface area (Å²) < 4.78 is 17.3. The summed E-state index contributed by atoms with van der Waals surface area (Å²) in [6.45, 7) is 7.47. The second-order valence-corrected chi connectivity index (χ2v) is 16.7. The van der Waals surface area contributed by atoms with Crippen LogP contribution in [-0.4, -0.2) is 37.9 Å². The van der Waals surface area contributed by atoms with E-state index in [-0.39, 0.29) is 31.6 Å². The van der Waals surface area contributed by atoms with Crippen LogP contribution >= 0.6 is 0 Å². The van der Waals surface area contributed by atoms with Gasteiger partial charge in [-0.1, -0.05) is 234 Å². The Morgan fingerprint density at radius 3 is 1.23 bits per heavy atom. The van der Waals surface area contributed by atoms with Crippen molar-refractivity contribution in [2.75, 3.05) is 19.8 Å². The first-order chi connectivity index (χ1) is 30.6. The van der Waals surface area contributed by atoms with Crippen LogP contribution < -0.4 is 0 Å². The van der Waals surface area contributed by atoms with Crippen molar-refractivity contribution in [1.29, 1.82) is 0 Å². The van der Waals surface area contributed by atoms with E-state index in [0.717, 1.165) is 89.9 Å². The summed E-state index contributed by atoms with van der Waals surface area (Å²) in [5, 5.41) is 0. The Morgan fingerprint density at radius 1 is 0.387 bits per heavy atom. The van der Waals surface area contributed by atoms with E-state index < -0.39 is 6.10 Å². The van der Waals surface area contributed by atoms with Gasteiger partial charge in [0.1, 0.15) is 6.61 Å². The highest BCUT2D eigenvalue weighted by molar-refractivity contribution is 5.71. The molecular weight excluding hydrogens is 765 g/mol. The monoisotopic (exact) mass is 861 g/mol. The van der Waals surface area contributed by atoms with Crippen LogP contribution in [-0.2, 0) is 23.8 Å². The minimum atomic E-state index is -0.594. The zero-order valence-corrected chi connectivity index (χ0v) is 40.6. The standard InChI is InChI=1S/C57H96O5/c1-4-7-10-13-16-19-22-25-27-28-29-31-34-37-40-43-46-49-52-60-53-55(62-57(59)51-48-45-42-39-36-32-24-21-18-15-12-9-6-3)54-61-56(58)50-47-44-41-38-35-33-30-26-23-20-17-14-11-8-5-2/h8-9,11-12,17-18,20-21,26,30,32,35-36,38,44,47,55H,4-7,10,13-16,19,22-25,27-29,31,33-34,37,39-43,45-46,48-54H2,1-3H3/b11-8-,12-9-,20-17-,21-18-,30-26-,36-32-,38-35-,47-44-. The van der Waals surface area contributed by atoms with Crippen LogP contribution in [0.15, 0.2) is 97.2 Å². The van der Waals surface area contributed by atoms with Crippen LogP contribution in [0.1, 0.15) is 226 Å². The van der Waals surface area contributed by atoms with Gasteiger partial charge in [-0.3, -0.25) is 9.59 Å². The molecule has 62 heavy (non-hydrogen) atoms. The molecule has 0 aromatic heterocycles. The highest BCUT2D eigenvalue weighted by atomic mass is 16.6. The average Bonchev–Trinajstić information content (AvgIpc) is 3.27. The number of carbonyl (C=O) groups is 2. The summed E-state index contributed by atoms with van der Waals surface area (Å²) >= 11 is 0. The van der Waals surface area contributed by atoms with Crippen molar-refractivity contribution < 1.29 is 23.8 Å². The number of esters is 2. The Hall–Kier alpha value is -3.18. The lowest BCUT2D eigenvalue weighted by atomic mass is 10.0. The van der Waals surface area contributed by atoms with Crippen molar-refractivity contribution in [3.63, 3.8) is 0 Å². The van der Waals surface area contributed by atoms with Gasteiger partial charge in [-0.2, -0.15) is 0 Å². The molecule has 0 aliphatic carbocycles. The molecule has 0 rings (SSSR count). The van der Waals surface area contributed by atoms with Crippen LogP contribution in [0, 0.1) is 0 Å². The maximum Gasteiger partial charge on any atom is 0.309 e. The quantitative estimate of drug-likeness (QED) is 0.0347.